The number of benzene rings is 4. The molecule has 12 aromatic rings. The molecule has 45 heteroatoms. The van der Waals surface area contributed by atoms with E-state index in [1.54, 1.807) is 48.6 Å². The molecule has 0 aliphatic carbocycles. The third kappa shape index (κ3) is 17.8. The normalized spacial score (nSPS) is 18.8. The van der Waals surface area contributed by atoms with Crippen LogP contribution in [-0.4, -0.2) is 130 Å². The highest BCUT2D eigenvalue weighted by molar-refractivity contribution is 7.55. The zero-order chi connectivity index (χ0) is 76.8. The third-order valence-corrected chi connectivity index (χ3v) is 22.4. The van der Waals surface area contributed by atoms with Crippen LogP contribution in [0.3, 0.4) is 0 Å². The standard InChI is InChI=1S/C16H15N6O5P.3C16H18N5O5P/c1-18-11-4-2-3-10-7-26-28(24,27-13(10)11)9-25-6-5-22-8-19-12-14(22)20-16(17)21-15(12)23;2*1-10-2-3-12-11(6-10)7-25-27(23,26-12)9-24-5-4-21-8-18-13-14(21)19-16(17)20-15(13)22;1-10-3-2-4-11-7-25-27(23,26-13(10)11)9-24-6-5-21-8-18-12-14(21)19-16(17)20-15(12)22/h2-4,8H,5-7,9H2,(H3,17,20,21,23);2*2-3,6,8H,4-5,7,9H2,1H3,(H3,17,19,20,22);2-4,8H,5-7,9H2,1H3,(H3,17,19,20,22). The second kappa shape index (κ2) is 32.3. The van der Waals surface area contributed by atoms with Crippen LogP contribution in [0.2, 0.25) is 0 Å². The van der Waals surface area contributed by atoms with Crippen LogP contribution in [0, 0.1) is 27.3 Å². The zero-order valence-electron chi connectivity index (χ0n) is 58.1. The molecule has 0 saturated heterocycles. The average Bonchev–Trinajstić information content (AvgIpc) is 1.79. The van der Waals surface area contributed by atoms with E-state index in [1.165, 1.54) is 25.3 Å². The van der Waals surface area contributed by atoms with Crippen LogP contribution in [0.5, 0.6) is 23.0 Å². The molecule has 8 aromatic heterocycles. The number of fused-ring (bicyclic) bond motifs is 8. The maximum atomic E-state index is 12.8. The summed E-state index contributed by atoms with van der Waals surface area (Å²) in [5, 5.41) is 0. The lowest BCUT2D eigenvalue weighted by Gasteiger charge is -2.26. The van der Waals surface area contributed by atoms with Crippen LogP contribution in [-0.2, 0) is 108 Å². The molecule has 0 bridgehead atoms. The van der Waals surface area contributed by atoms with E-state index in [0.29, 0.717) is 71.6 Å². The topological polar surface area (TPSA) is 542 Å². The molecule has 12 heterocycles. The number of nitrogens with two attached hydrogens (primary N) is 4. The fourth-order valence-electron chi connectivity index (χ4n) is 11.2. The Hall–Kier alpha value is -11.2. The molecule has 0 amide bonds. The molecular weight excluding hydrogens is 1510 g/mol. The average molecular weight is 1580 g/mol. The van der Waals surface area contributed by atoms with Gasteiger partial charge in [0.15, 0.2) is 70.0 Å². The SMILES string of the molecule is Cc1ccc2c(c1)COP(=O)(COCCn1cnc3c(=O)[nH]c(N)nc31)O2.Cc1ccc2c(c1)COP(=O)(COCCn1cnc3c(=O)[nH]c(N)nc31)O2.Cc1cccc2c1OP(=O)(COCCn1cnc3c(=O)[nH]c(N)nc31)OC2.[C-]#[N+]c1cccc2c1OP(=O)(COCCn1cnc3c(=O)[nH]c(N)nc31)OC2. The number of nitrogens with zero attached hydrogens (tertiary/aromatic N) is 13. The molecule has 570 valence electrons. The molecule has 0 spiro atoms. The van der Waals surface area contributed by atoms with Gasteiger partial charge in [0.05, 0.1) is 84.7 Å². The van der Waals surface area contributed by atoms with E-state index in [1.807, 2.05) is 63.2 Å². The van der Waals surface area contributed by atoms with Crippen molar-refractivity contribution in [1.29, 1.82) is 0 Å². The van der Waals surface area contributed by atoms with E-state index in [0.717, 1.165) is 33.4 Å². The largest absolute Gasteiger partial charge is 0.434 e. The van der Waals surface area contributed by atoms with Gasteiger partial charge in [-0.25, -0.2) is 43.0 Å². The van der Waals surface area contributed by atoms with Gasteiger partial charge < -0.3 is 78.2 Å². The molecule has 16 rings (SSSR count). The lowest BCUT2D eigenvalue weighted by Crippen LogP contribution is -2.15. The quantitative estimate of drug-likeness (QED) is 0.0209. The van der Waals surface area contributed by atoms with E-state index >= 15 is 0 Å². The zero-order valence-corrected chi connectivity index (χ0v) is 61.7. The number of aromatic amines is 4. The van der Waals surface area contributed by atoms with Crippen molar-refractivity contribution >= 4 is 105 Å². The summed E-state index contributed by atoms with van der Waals surface area (Å²) < 4.78 is 123. The molecule has 0 radical (unpaired) electrons. The van der Waals surface area contributed by atoms with Gasteiger partial charge in [-0.1, -0.05) is 71.8 Å². The van der Waals surface area contributed by atoms with Crippen molar-refractivity contribution < 1.29 is 73.4 Å². The molecule has 0 fully saturated rings. The first kappa shape index (κ1) is 76.0. The number of rotatable bonds is 20. The maximum absolute atomic E-state index is 12.8. The molecule has 4 aromatic carbocycles. The van der Waals surface area contributed by atoms with Crippen molar-refractivity contribution in [3.8, 4) is 23.0 Å². The molecular formula is C64H69N21O20P4. The van der Waals surface area contributed by atoms with Gasteiger partial charge in [0, 0.05) is 48.4 Å². The number of aromatic nitrogens is 16. The Morgan fingerprint density at radius 1 is 0.431 bits per heavy atom. The van der Waals surface area contributed by atoms with E-state index in [-0.39, 0.29) is 136 Å². The number of anilines is 4. The summed E-state index contributed by atoms with van der Waals surface area (Å²) in [7, 11) is -13.7. The minimum absolute atomic E-state index is 0.0112. The van der Waals surface area contributed by atoms with Crippen LogP contribution in [0.25, 0.3) is 49.5 Å². The number of imidazole rings is 4. The first-order valence-corrected chi connectivity index (χ1v) is 39.9. The smallest absolute Gasteiger partial charge is 0.405 e. The van der Waals surface area contributed by atoms with E-state index in [2.05, 4.69) is 64.7 Å². The summed E-state index contributed by atoms with van der Waals surface area (Å²) in [6.07, 6.45) is 5.07. The number of para-hydroxylation sites is 2. The van der Waals surface area contributed by atoms with Crippen LogP contribution in [0.4, 0.5) is 29.5 Å². The predicted octanol–water partition coefficient (Wildman–Crippen LogP) is 7.39. The van der Waals surface area contributed by atoms with Gasteiger partial charge in [-0.2, -0.15) is 19.9 Å². The highest BCUT2D eigenvalue weighted by Crippen LogP contribution is 2.58. The van der Waals surface area contributed by atoms with Crippen molar-refractivity contribution in [1.82, 2.24) is 78.1 Å². The van der Waals surface area contributed by atoms with Gasteiger partial charge in [0.2, 0.25) is 29.5 Å². The summed E-state index contributed by atoms with van der Waals surface area (Å²) >= 11 is 0. The molecule has 0 saturated carbocycles. The van der Waals surface area contributed by atoms with Gasteiger partial charge in [0.1, 0.15) is 23.0 Å². The van der Waals surface area contributed by atoms with E-state index < -0.39 is 52.6 Å². The fourth-order valence-corrected chi connectivity index (χ4v) is 16.6. The minimum Gasteiger partial charge on any atom is -0.434 e. The second-order valence-electron chi connectivity index (χ2n) is 24.5. The summed E-state index contributed by atoms with van der Waals surface area (Å²) in [6, 6.07) is 21.9. The molecule has 4 aliphatic rings. The van der Waals surface area contributed by atoms with Crippen LogP contribution >= 0.6 is 30.4 Å². The highest BCUT2D eigenvalue weighted by Gasteiger charge is 2.37. The minimum atomic E-state index is -3.54. The molecule has 109 heavy (non-hydrogen) atoms. The number of hydrogen-bond donors (Lipinski definition) is 8. The van der Waals surface area contributed by atoms with Gasteiger partial charge >= 0.3 is 30.4 Å². The first-order chi connectivity index (χ1) is 52.3. The van der Waals surface area contributed by atoms with Gasteiger partial charge in [-0.05, 0) is 38.5 Å². The monoisotopic (exact) mass is 1580 g/mol. The van der Waals surface area contributed by atoms with Gasteiger partial charge in [-0.15, -0.1) is 0 Å². The van der Waals surface area contributed by atoms with Gasteiger partial charge in [-0.3, -0.25) is 57.2 Å². The maximum Gasteiger partial charge on any atom is 0.405 e. The number of aryl methyl sites for hydroxylation is 3. The summed E-state index contributed by atoms with van der Waals surface area (Å²) in [6.45, 7) is 15.9. The third-order valence-electron chi connectivity index (χ3n) is 16.4. The lowest BCUT2D eigenvalue weighted by atomic mass is 10.1. The molecule has 4 atom stereocenters. The van der Waals surface area contributed by atoms with Crippen molar-refractivity contribution in [3.63, 3.8) is 0 Å². The van der Waals surface area contributed by atoms with Crippen LogP contribution in [0.15, 0.2) is 117 Å². The highest BCUT2D eigenvalue weighted by atomic mass is 31.2. The molecule has 12 N–H and O–H groups in total. The number of nitrogen functional groups attached to an aromatic ring is 4. The Morgan fingerprint density at radius 2 is 0.743 bits per heavy atom. The summed E-state index contributed by atoms with van der Waals surface area (Å²) in [5.74, 6) is 2.00. The lowest BCUT2D eigenvalue weighted by molar-refractivity contribution is 0.132. The molecule has 4 unspecified atom stereocenters. The Bertz CT molecular complexity index is 5770. The van der Waals surface area contributed by atoms with Crippen LogP contribution in [0.1, 0.15) is 38.9 Å². The second-order valence-corrected chi connectivity index (χ2v) is 32.1. The Labute approximate surface area is 614 Å². The Morgan fingerprint density at radius 3 is 1.09 bits per heavy atom. The summed E-state index contributed by atoms with van der Waals surface area (Å²) in [4.78, 5) is 92.3. The number of ether oxygens (including phenoxy) is 4. The number of H-pyrrole nitrogens is 4. The van der Waals surface area contributed by atoms with E-state index in [4.69, 9.17) is 84.6 Å². The van der Waals surface area contributed by atoms with Gasteiger partial charge in [0.25, 0.3) is 22.2 Å². The van der Waals surface area contributed by atoms with Crippen molar-refractivity contribution in [2.75, 3.05) is 74.8 Å². The Kier molecular flexibility index (Phi) is 22.5. The molecule has 4 aliphatic heterocycles. The first-order valence-electron chi connectivity index (χ1n) is 32.9. The number of nitrogens with one attached hydrogen (secondary N) is 4. The fraction of sp³-hybridized carbons (Fsp3) is 0.297. The van der Waals surface area contributed by atoms with Crippen molar-refractivity contribution in [2.24, 2.45) is 0 Å². The van der Waals surface area contributed by atoms with Crippen LogP contribution < -0.4 is 63.3 Å². The molecule has 41 nitrogen and oxygen atoms in total. The predicted molar refractivity (Wildman–Crippen MR) is 392 cm³/mol. The Balaban J connectivity index is 0.000000128. The van der Waals surface area contributed by atoms with Crippen molar-refractivity contribution in [3.05, 3.63) is 190 Å². The van der Waals surface area contributed by atoms with E-state index in [9.17, 15) is 37.4 Å². The summed E-state index contributed by atoms with van der Waals surface area (Å²) in [5.41, 5.74) is 29.4. The number of hydrogen-bond acceptors (Lipinski definition) is 32. The van der Waals surface area contributed by atoms with Crippen molar-refractivity contribution in [2.45, 2.75) is 73.4 Å².